The number of allylic oxidation sites excluding steroid dienone is 1. The summed E-state index contributed by atoms with van der Waals surface area (Å²) in [7, 11) is 4.52. The monoisotopic (exact) mass is 432 g/mol. The van der Waals surface area contributed by atoms with Gasteiger partial charge in [0.2, 0.25) is 5.75 Å². The van der Waals surface area contributed by atoms with Crippen LogP contribution in [0.25, 0.3) is 6.08 Å². The number of ketones is 1. The number of methoxy groups -OCH3 is 3. The maximum absolute atomic E-state index is 12.9. The maximum Gasteiger partial charge on any atom is 0.341 e. The van der Waals surface area contributed by atoms with Gasteiger partial charge < -0.3 is 28.8 Å². The lowest BCUT2D eigenvalue weighted by Gasteiger charge is -2.13. The number of carboxylic acid groups (broad SMARTS) is 1. The molecule has 3 rings (SSSR count). The van der Waals surface area contributed by atoms with Crippen molar-refractivity contribution in [3.63, 3.8) is 0 Å². The topological polar surface area (TPSA) is 101 Å². The zero-order valence-corrected chi connectivity index (χ0v) is 17.4. The van der Waals surface area contributed by atoms with E-state index in [0.29, 0.717) is 34.5 Å². The van der Waals surface area contributed by atoms with Gasteiger partial charge in [-0.1, -0.05) is 17.8 Å². The number of rotatable bonds is 9. The molecule has 0 bridgehead atoms. The average Bonchev–Trinajstić information content (AvgIpc) is 3.21. The molecule has 1 heterocycles. The van der Waals surface area contributed by atoms with Gasteiger partial charge >= 0.3 is 5.97 Å². The maximum atomic E-state index is 12.9. The SMILES string of the molecule is COc1cc(/C=C/C(=O)c2cc3c(cc2OCC(=O)O)OCS3)cc(OC)c1OC. The third kappa shape index (κ3) is 4.62. The Balaban J connectivity index is 1.92. The number of benzene rings is 2. The van der Waals surface area contributed by atoms with E-state index in [1.807, 2.05) is 0 Å². The first kappa shape index (κ1) is 21.4. The van der Waals surface area contributed by atoms with Gasteiger partial charge in [-0.15, -0.1) is 0 Å². The van der Waals surface area contributed by atoms with E-state index in [0.717, 1.165) is 4.90 Å². The standard InChI is InChI=1S/C21H20O8S/c1-25-17-6-12(7-18(26-2)21(17)27-3)4-5-14(22)13-8-19-16(29-11-30-19)9-15(13)28-10-20(23)24/h4-9H,10-11H2,1-3H3,(H,23,24)/b5-4+. The number of aliphatic carboxylic acids is 1. The molecule has 1 aliphatic rings. The molecule has 158 valence electrons. The number of carbonyl (C=O) groups is 2. The summed E-state index contributed by atoms with van der Waals surface area (Å²) in [6.07, 6.45) is 2.97. The van der Waals surface area contributed by atoms with Crippen molar-refractivity contribution < 1.29 is 38.4 Å². The fraction of sp³-hybridized carbons (Fsp3) is 0.238. The van der Waals surface area contributed by atoms with E-state index in [2.05, 4.69) is 0 Å². The Labute approximate surface area is 177 Å². The Morgan fingerprint density at radius 3 is 2.37 bits per heavy atom. The lowest BCUT2D eigenvalue weighted by atomic mass is 10.1. The average molecular weight is 432 g/mol. The molecule has 0 fully saturated rings. The summed E-state index contributed by atoms with van der Waals surface area (Å²) in [6, 6.07) is 6.60. The highest BCUT2D eigenvalue weighted by molar-refractivity contribution is 7.99. The lowest BCUT2D eigenvalue weighted by molar-refractivity contribution is -0.139. The quantitative estimate of drug-likeness (QED) is 0.471. The minimum Gasteiger partial charge on any atom is -0.493 e. The highest BCUT2D eigenvalue weighted by Crippen LogP contribution is 2.41. The molecule has 0 aromatic heterocycles. The van der Waals surface area contributed by atoms with Gasteiger partial charge in [-0.2, -0.15) is 0 Å². The smallest absolute Gasteiger partial charge is 0.341 e. The number of fused-ring (bicyclic) bond motifs is 1. The molecule has 2 aromatic carbocycles. The first-order valence-corrected chi connectivity index (χ1v) is 9.76. The number of hydrogen-bond donors (Lipinski definition) is 1. The fourth-order valence-corrected chi connectivity index (χ4v) is 3.61. The van der Waals surface area contributed by atoms with E-state index >= 15 is 0 Å². The molecule has 0 aliphatic carbocycles. The molecule has 0 amide bonds. The molecule has 0 saturated heterocycles. The summed E-state index contributed by atoms with van der Waals surface area (Å²) < 4.78 is 26.7. The molecule has 0 unspecified atom stereocenters. The third-order valence-electron chi connectivity index (χ3n) is 4.21. The Kier molecular flexibility index (Phi) is 6.73. The van der Waals surface area contributed by atoms with Crippen LogP contribution < -0.4 is 23.7 Å². The van der Waals surface area contributed by atoms with Gasteiger partial charge in [0.15, 0.2) is 23.9 Å². The Morgan fingerprint density at radius 1 is 1.07 bits per heavy atom. The van der Waals surface area contributed by atoms with Crippen molar-refractivity contribution in [2.75, 3.05) is 33.9 Å². The molecule has 8 nitrogen and oxygen atoms in total. The second-order valence-corrected chi connectivity index (χ2v) is 7.00. The van der Waals surface area contributed by atoms with Gasteiger partial charge in [0, 0.05) is 6.07 Å². The predicted octanol–water partition coefficient (Wildman–Crippen LogP) is 3.51. The van der Waals surface area contributed by atoms with E-state index in [-0.39, 0.29) is 17.1 Å². The summed E-state index contributed by atoms with van der Waals surface area (Å²) in [4.78, 5) is 24.5. The summed E-state index contributed by atoms with van der Waals surface area (Å²) >= 11 is 1.44. The van der Waals surface area contributed by atoms with Crippen LogP contribution in [0.15, 0.2) is 35.2 Å². The van der Waals surface area contributed by atoms with Crippen molar-refractivity contribution in [3.05, 3.63) is 41.5 Å². The van der Waals surface area contributed by atoms with Crippen molar-refractivity contribution >= 4 is 29.6 Å². The van der Waals surface area contributed by atoms with Gasteiger partial charge in [-0.25, -0.2) is 4.79 Å². The lowest BCUT2D eigenvalue weighted by Crippen LogP contribution is -2.11. The van der Waals surface area contributed by atoms with E-state index in [1.165, 1.54) is 39.2 Å². The summed E-state index contributed by atoms with van der Waals surface area (Å²) in [5, 5.41) is 8.90. The number of hydrogen-bond acceptors (Lipinski definition) is 8. The van der Waals surface area contributed by atoms with E-state index in [1.54, 1.807) is 30.3 Å². The zero-order chi connectivity index (χ0) is 21.7. The van der Waals surface area contributed by atoms with Crippen LogP contribution in [0.2, 0.25) is 0 Å². The molecular formula is C21H20O8S. The molecule has 2 aromatic rings. The first-order chi connectivity index (χ1) is 14.5. The van der Waals surface area contributed by atoms with Crippen molar-refractivity contribution in [2.45, 2.75) is 4.90 Å². The summed E-state index contributed by atoms with van der Waals surface area (Å²) in [6.45, 7) is -0.567. The van der Waals surface area contributed by atoms with Crippen molar-refractivity contribution in [3.8, 4) is 28.7 Å². The van der Waals surface area contributed by atoms with Gasteiger partial charge in [0.05, 0.1) is 31.8 Å². The van der Waals surface area contributed by atoms with Crippen molar-refractivity contribution in [1.82, 2.24) is 0 Å². The normalized spacial score (nSPS) is 12.2. The Bertz CT molecular complexity index is 974. The van der Waals surface area contributed by atoms with Gasteiger partial charge in [0.1, 0.15) is 17.4 Å². The molecule has 1 aliphatic heterocycles. The Hall–Kier alpha value is -3.33. The van der Waals surface area contributed by atoms with Gasteiger partial charge in [-0.05, 0) is 29.8 Å². The number of thioether (sulfide) groups is 1. The molecular weight excluding hydrogens is 412 g/mol. The van der Waals surface area contributed by atoms with Crippen LogP contribution in [0.1, 0.15) is 15.9 Å². The van der Waals surface area contributed by atoms with Crippen LogP contribution in [0, 0.1) is 0 Å². The van der Waals surface area contributed by atoms with Crippen LogP contribution in [0.4, 0.5) is 0 Å². The van der Waals surface area contributed by atoms with Crippen LogP contribution in [0.5, 0.6) is 28.7 Å². The number of carboxylic acids is 1. The first-order valence-electron chi connectivity index (χ1n) is 8.77. The van der Waals surface area contributed by atoms with Crippen LogP contribution in [-0.4, -0.2) is 50.7 Å². The molecule has 1 N–H and O–H groups in total. The van der Waals surface area contributed by atoms with Crippen molar-refractivity contribution in [1.29, 1.82) is 0 Å². The zero-order valence-electron chi connectivity index (χ0n) is 16.6. The minimum atomic E-state index is -1.14. The van der Waals surface area contributed by atoms with Crippen LogP contribution in [-0.2, 0) is 4.79 Å². The molecule has 30 heavy (non-hydrogen) atoms. The molecule has 0 spiro atoms. The third-order valence-corrected chi connectivity index (χ3v) is 5.07. The summed E-state index contributed by atoms with van der Waals surface area (Å²) in [5.41, 5.74) is 0.904. The highest BCUT2D eigenvalue weighted by Gasteiger charge is 2.21. The predicted molar refractivity (Wildman–Crippen MR) is 110 cm³/mol. The van der Waals surface area contributed by atoms with Gasteiger partial charge in [0.25, 0.3) is 0 Å². The van der Waals surface area contributed by atoms with E-state index in [9.17, 15) is 9.59 Å². The number of carbonyl (C=O) groups excluding carboxylic acids is 1. The molecule has 9 heteroatoms. The fourth-order valence-electron chi connectivity index (χ4n) is 2.83. The van der Waals surface area contributed by atoms with Gasteiger partial charge in [-0.3, -0.25) is 4.79 Å². The summed E-state index contributed by atoms with van der Waals surface area (Å²) in [5.74, 6) is 1.01. The largest absolute Gasteiger partial charge is 0.493 e. The van der Waals surface area contributed by atoms with Crippen LogP contribution in [0.3, 0.4) is 0 Å². The second-order valence-electron chi connectivity index (χ2n) is 6.04. The Morgan fingerprint density at radius 2 is 1.77 bits per heavy atom. The second kappa shape index (κ2) is 9.45. The van der Waals surface area contributed by atoms with Crippen LogP contribution >= 0.6 is 11.8 Å². The van der Waals surface area contributed by atoms with Crippen molar-refractivity contribution in [2.24, 2.45) is 0 Å². The molecule has 0 radical (unpaired) electrons. The van der Waals surface area contributed by atoms with E-state index < -0.39 is 12.6 Å². The highest BCUT2D eigenvalue weighted by atomic mass is 32.2. The van der Waals surface area contributed by atoms with E-state index in [4.69, 9.17) is 28.8 Å². The number of ether oxygens (including phenoxy) is 5. The molecule has 0 saturated carbocycles. The molecule has 0 atom stereocenters. The minimum absolute atomic E-state index is 0.151.